The molecule has 0 unspecified atom stereocenters. The molecule has 6 fully saturated rings. The zero-order valence-electron chi connectivity index (χ0n) is 71.9. The van der Waals surface area contributed by atoms with E-state index in [9.17, 15) is 101 Å². The number of nitrogen functional groups attached to an aromatic ring is 3. The number of piperidine rings is 4. The third-order valence-corrected chi connectivity index (χ3v) is 24.3. The smallest absolute Gasteiger partial charge is 0.870 e. The fourth-order valence-corrected chi connectivity index (χ4v) is 17.9. The van der Waals surface area contributed by atoms with Gasteiger partial charge in [0.2, 0.25) is 11.8 Å². The summed E-state index contributed by atoms with van der Waals surface area (Å²) < 4.78 is 158. The van der Waals surface area contributed by atoms with Crippen molar-refractivity contribution in [2.45, 2.75) is 152 Å². The van der Waals surface area contributed by atoms with Crippen molar-refractivity contribution >= 4 is 115 Å². The molecule has 0 atom stereocenters. The molecule has 8 aliphatic heterocycles. The minimum atomic E-state index is -4.32. The molecule has 8 aromatic heterocycles. The second-order valence-electron chi connectivity index (χ2n) is 33.5. The van der Waals surface area contributed by atoms with E-state index in [1.54, 1.807) is 52.0 Å². The molecule has 39 nitrogen and oxygen atoms in total. The van der Waals surface area contributed by atoms with Crippen molar-refractivity contribution in [1.82, 2.24) is 99.0 Å². The van der Waals surface area contributed by atoms with E-state index in [1.165, 1.54) is 87.4 Å². The van der Waals surface area contributed by atoms with E-state index in [0.29, 0.717) is 61.5 Å². The van der Waals surface area contributed by atoms with Gasteiger partial charge in [0, 0.05) is 140 Å². The largest absolute Gasteiger partial charge is 1.00 e. The summed E-state index contributed by atoms with van der Waals surface area (Å²) in [5.41, 5.74) is 14.6. The Morgan fingerprint density at radius 1 is 0.368 bits per heavy atom. The van der Waals surface area contributed by atoms with Crippen LogP contribution in [-0.2, 0) is 32.2 Å². The Labute approximate surface area is 797 Å². The van der Waals surface area contributed by atoms with E-state index in [1.807, 2.05) is 0 Å². The molecule has 0 bridgehead atoms. The number of alkyl halides is 12. The number of carbonyl (C=O) groups is 6. The summed E-state index contributed by atoms with van der Waals surface area (Å²) in [5, 5.41) is 25.5. The van der Waals surface area contributed by atoms with Crippen molar-refractivity contribution < 1.29 is 138 Å². The number of carbonyl (C=O) groups excluding carboxylic acids is 6. The van der Waals surface area contributed by atoms with Crippen molar-refractivity contribution in [3.8, 4) is 0 Å². The standard InChI is InChI=1S/C22H24F3N7O3.2C18H20F3N7O2.C14H15BrF3N3O2.C8H10N4O.K.H2O/c1-12-8-14(28-15-9-16(27-11-26-15)29-18(33)13-2-3-13)20(35)32-17(12)19(34)30-21(32)4-6-31(7-5-21)10-22(23,24)25;2*1-10-6-11(25-13-7-12(22)23-9-24-13)16(30)28-14(10)15(29)26-17(28)2-4-27(5-3-17)8-18(19,20)21;1-8-6-9(15)12(23)21-10(8)11(22)19-13(21)2-4-20(5-3-13)7-14(16,17)18;9-6-3-7(11-4-10-6)12-8(13)5-1-2-5;;/h8-9,11,13H,2-7,10H2,1H3,(H,30,34)(H2,26,27,28,29,33);2*6-7,9H,2-5,8H2,1H3,(H,26,29)(H3,22,23,24,25);6H,2-5,7H2,1H3,(H,19,22);3-5H,1-2H2,(H3,9,10,11,12,13);;1H2/q;;;;;+1;/p-1. The maximum atomic E-state index is 13.5. The number of pyridine rings is 4. The van der Waals surface area contributed by atoms with E-state index in [-0.39, 0.29) is 247 Å². The van der Waals surface area contributed by atoms with Gasteiger partial charge in [-0.25, -0.2) is 39.9 Å². The number of nitrogens with zero attached hydrogens (tertiary/aromatic N) is 16. The van der Waals surface area contributed by atoms with Gasteiger partial charge in [0.05, 0.1) is 30.7 Å². The molecule has 4 saturated heterocycles. The Bertz CT molecular complexity index is 5890. The summed E-state index contributed by atoms with van der Waals surface area (Å²) in [6, 6.07) is 12.2. The Morgan fingerprint density at radius 2 is 0.594 bits per heavy atom. The van der Waals surface area contributed by atoms with Crippen LogP contribution in [0.15, 0.2) is 97.5 Å². The first-order chi connectivity index (χ1) is 61.6. The number of halogens is 13. The van der Waals surface area contributed by atoms with Crippen molar-refractivity contribution in [3.63, 3.8) is 0 Å². The van der Waals surface area contributed by atoms with Gasteiger partial charge in [-0.1, -0.05) is 0 Å². The van der Waals surface area contributed by atoms with Crippen LogP contribution in [0.5, 0.6) is 0 Å². The summed E-state index contributed by atoms with van der Waals surface area (Å²) in [5.74, 6) is 0.943. The molecule has 4 spiro atoms. The van der Waals surface area contributed by atoms with Gasteiger partial charge < -0.3 is 70.5 Å². The molecular formula is C80H90BrF12KN28O11. The van der Waals surface area contributed by atoms with Gasteiger partial charge in [0.15, 0.2) is 0 Å². The quantitative estimate of drug-likeness (QED) is 0.0541. The van der Waals surface area contributed by atoms with Crippen LogP contribution in [-0.4, -0.2) is 222 Å². The molecule has 10 aliphatic rings. The predicted molar refractivity (Wildman–Crippen MR) is 454 cm³/mol. The monoisotopic (exact) mass is 1960 g/mol. The number of fused-ring (bicyclic) bond motifs is 8. The van der Waals surface area contributed by atoms with Crippen LogP contribution in [0.25, 0.3) is 0 Å². The second-order valence-corrected chi connectivity index (χ2v) is 34.4. The molecule has 0 aromatic carbocycles. The van der Waals surface area contributed by atoms with Crippen LogP contribution in [0.4, 0.5) is 116 Å². The fraction of sp³-hybridized carbons (Fsp3) is 0.475. The number of nitrogens with two attached hydrogens (primary N) is 3. The van der Waals surface area contributed by atoms with Gasteiger partial charge >= 0.3 is 76.1 Å². The maximum absolute atomic E-state index is 13.5. The number of nitrogens with one attached hydrogen (secondary N) is 9. The topological polar surface area (TPSA) is 523 Å². The number of hydrogen-bond donors (Lipinski definition) is 12. The number of likely N-dealkylation sites (tertiary alicyclic amines) is 4. The van der Waals surface area contributed by atoms with E-state index < -0.39 is 108 Å². The SMILES string of the molecule is Cc1cc(Br)c(=O)n2c1C(=O)NC21CCN(CC(F)(F)F)CC1.Cc1cc(Nc2cc(N)ncn2)c(=O)n2c1C(=O)NC21CCN(CC(F)(F)F)CC1.Cc1cc(Nc2cc(N)ncn2)c(=O)n2c1C(=O)NC21CCN(CC(F)(F)F)CC1.Cc1cc(Nc2cc(NC(=O)C3CC3)ncn2)c(=O)n2c1C(=O)NC21CCN(CC(F)(F)F)CC1.Nc1cc(NC(=O)C2CC2)ncn1.[K+].[OH-]. The summed E-state index contributed by atoms with van der Waals surface area (Å²) in [6.45, 7) is 3.66. The number of aryl methyl sites for hydroxylation is 4. The van der Waals surface area contributed by atoms with Crippen LogP contribution < -0.4 is 139 Å². The molecule has 708 valence electrons. The fourth-order valence-electron chi connectivity index (χ4n) is 17.4. The number of amides is 6. The molecule has 53 heteroatoms. The molecular weight excluding hydrogens is 1880 g/mol. The van der Waals surface area contributed by atoms with Crippen LogP contribution >= 0.6 is 15.9 Å². The van der Waals surface area contributed by atoms with Crippen LogP contribution in [0.3, 0.4) is 0 Å². The maximum Gasteiger partial charge on any atom is 1.00 e. The van der Waals surface area contributed by atoms with E-state index in [2.05, 4.69) is 104 Å². The molecule has 2 saturated carbocycles. The Morgan fingerprint density at radius 3 is 0.850 bits per heavy atom. The number of aromatic nitrogens is 12. The minimum absolute atomic E-state index is 0. The Balaban J connectivity index is 0.000000153. The second kappa shape index (κ2) is 39.4. The average Bonchev–Trinajstić information content (AvgIpc) is 1.59. The van der Waals surface area contributed by atoms with Gasteiger partial charge in [0.25, 0.3) is 45.9 Å². The van der Waals surface area contributed by atoms with Crippen molar-refractivity contribution in [2.24, 2.45) is 11.8 Å². The van der Waals surface area contributed by atoms with Crippen LogP contribution in [0, 0.1) is 39.5 Å². The van der Waals surface area contributed by atoms with Crippen LogP contribution in [0.2, 0.25) is 0 Å². The zero-order valence-corrected chi connectivity index (χ0v) is 76.6. The first kappa shape index (κ1) is 101. The molecule has 133 heavy (non-hydrogen) atoms. The first-order valence-electron chi connectivity index (χ1n) is 41.3. The van der Waals surface area contributed by atoms with Gasteiger partial charge in [-0.05, 0) is 116 Å². The summed E-state index contributed by atoms with van der Waals surface area (Å²) in [6.07, 6.45) is -6.86. The third-order valence-electron chi connectivity index (χ3n) is 23.7. The zero-order chi connectivity index (χ0) is 94.6. The molecule has 2 aliphatic carbocycles. The molecule has 16 heterocycles. The summed E-state index contributed by atoms with van der Waals surface area (Å²) in [4.78, 5) is 163. The first-order valence-corrected chi connectivity index (χ1v) is 42.1. The van der Waals surface area contributed by atoms with E-state index >= 15 is 0 Å². The molecule has 16 N–H and O–H groups in total. The van der Waals surface area contributed by atoms with E-state index in [4.69, 9.17) is 17.2 Å². The Kier molecular flexibility index (Phi) is 29.9. The normalized spacial score (nSPS) is 18.4. The third kappa shape index (κ3) is 23.3. The number of anilines is 11. The van der Waals surface area contributed by atoms with Gasteiger partial charge in [0.1, 0.15) is 134 Å². The molecule has 8 aromatic rings. The summed E-state index contributed by atoms with van der Waals surface area (Å²) >= 11 is 3.19. The van der Waals surface area contributed by atoms with Crippen LogP contribution in [0.1, 0.15) is 141 Å². The van der Waals surface area contributed by atoms with Gasteiger partial charge in [-0.3, -0.25) is 85.8 Å². The van der Waals surface area contributed by atoms with Crippen molar-refractivity contribution in [1.29, 1.82) is 0 Å². The molecule has 18 rings (SSSR count). The molecule has 6 amide bonds. The van der Waals surface area contributed by atoms with E-state index in [0.717, 1.165) is 25.7 Å². The van der Waals surface area contributed by atoms with Crippen molar-refractivity contribution in [3.05, 3.63) is 165 Å². The van der Waals surface area contributed by atoms with Crippen molar-refractivity contribution in [2.75, 3.05) is 122 Å². The predicted octanol–water partition coefficient (Wildman–Crippen LogP) is 3.95. The van der Waals surface area contributed by atoms with Gasteiger partial charge in [-0.2, -0.15) is 52.7 Å². The van der Waals surface area contributed by atoms with Gasteiger partial charge in [-0.15, -0.1) is 0 Å². The molecule has 0 radical (unpaired) electrons. The number of hydrogen-bond acceptors (Lipinski definition) is 29. The Hall–Kier alpha value is -11.2. The number of rotatable bonds is 14. The average molecular weight is 1970 g/mol. The summed E-state index contributed by atoms with van der Waals surface area (Å²) in [7, 11) is 0. The minimum Gasteiger partial charge on any atom is -0.870 e.